The molecule has 0 amide bonds. The molecule has 4 aromatic rings. The minimum Gasteiger partial charge on any atom is -0.348 e. The molecule has 2 aromatic heterocycles. The minimum absolute atomic E-state index is 0.0661. The van der Waals surface area contributed by atoms with Crippen LogP contribution < -0.4 is 16.1 Å². The van der Waals surface area contributed by atoms with E-state index in [1.165, 1.54) is 17.7 Å². The third kappa shape index (κ3) is 3.69. The van der Waals surface area contributed by atoms with E-state index in [-0.39, 0.29) is 11.9 Å². The number of aromatic nitrogens is 2. The normalized spacial score (nSPS) is 13.5. The van der Waals surface area contributed by atoms with E-state index in [0.717, 1.165) is 39.4 Å². The van der Waals surface area contributed by atoms with E-state index in [1.807, 2.05) is 36.7 Å². The lowest BCUT2D eigenvalue weighted by Crippen LogP contribution is -2.10. The zero-order chi connectivity index (χ0) is 20.5. The number of fused-ring (bicyclic) bond motifs is 2. The molecule has 3 heterocycles. The zero-order valence-electron chi connectivity index (χ0n) is 16.2. The summed E-state index contributed by atoms with van der Waals surface area (Å²) in [7, 11) is 0. The first kappa shape index (κ1) is 18.5. The standard InChI is InChI=1S/C22H19FN6S/c1-13(14-2-4-16(23)5-3-14)25-22-27-19-9-11-30-20(19)21(28-22)26-17-6-7-18-15(12-17)8-10-24-29-18/h2-7,9-13,29H,8H2,1H3,(H2,25,26,27,28). The third-order valence-corrected chi connectivity index (χ3v) is 5.89. The molecule has 0 fully saturated rings. The molecule has 6 nitrogen and oxygen atoms in total. The van der Waals surface area contributed by atoms with Gasteiger partial charge in [0.1, 0.15) is 5.82 Å². The lowest BCUT2D eigenvalue weighted by atomic mass is 10.1. The second-order valence-electron chi connectivity index (χ2n) is 7.07. The molecule has 0 bridgehead atoms. The first-order valence-electron chi connectivity index (χ1n) is 9.60. The Kier molecular flexibility index (Phi) is 4.76. The highest BCUT2D eigenvalue weighted by Gasteiger charge is 2.14. The van der Waals surface area contributed by atoms with Crippen LogP contribution in [0.15, 0.2) is 59.0 Å². The molecule has 1 aliphatic heterocycles. The third-order valence-electron chi connectivity index (χ3n) is 4.97. The summed E-state index contributed by atoms with van der Waals surface area (Å²) in [5.74, 6) is 1.02. The summed E-state index contributed by atoms with van der Waals surface area (Å²) in [5.41, 5.74) is 8.00. The van der Waals surface area contributed by atoms with Crippen LogP contribution in [-0.4, -0.2) is 16.2 Å². The van der Waals surface area contributed by atoms with Gasteiger partial charge in [0, 0.05) is 18.3 Å². The van der Waals surface area contributed by atoms with Crippen molar-refractivity contribution in [1.29, 1.82) is 0 Å². The number of hydrogen-bond donors (Lipinski definition) is 3. The summed E-state index contributed by atoms with van der Waals surface area (Å²) in [6, 6.07) is 14.5. The molecule has 0 aliphatic carbocycles. The highest BCUT2D eigenvalue weighted by atomic mass is 32.1. The van der Waals surface area contributed by atoms with E-state index < -0.39 is 0 Å². The lowest BCUT2D eigenvalue weighted by Gasteiger charge is -2.17. The fourth-order valence-corrected chi connectivity index (χ4v) is 4.16. The number of thiophene rings is 1. The monoisotopic (exact) mass is 418 g/mol. The Balaban J connectivity index is 1.44. The molecule has 0 saturated carbocycles. The maximum atomic E-state index is 13.2. The fraction of sp³-hybridized carbons (Fsp3) is 0.136. The number of nitrogens with zero attached hydrogens (tertiary/aromatic N) is 3. The molecule has 0 spiro atoms. The van der Waals surface area contributed by atoms with Gasteiger partial charge in [-0.15, -0.1) is 11.3 Å². The van der Waals surface area contributed by atoms with Gasteiger partial charge in [-0.25, -0.2) is 9.37 Å². The lowest BCUT2D eigenvalue weighted by molar-refractivity contribution is 0.626. The van der Waals surface area contributed by atoms with Crippen LogP contribution in [0.2, 0.25) is 0 Å². The Morgan fingerprint density at radius 1 is 1.10 bits per heavy atom. The molecule has 2 aromatic carbocycles. The van der Waals surface area contributed by atoms with Crippen LogP contribution >= 0.6 is 11.3 Å². The van der Waals surface area contributed by atoms with Crippen molar-refractivity contribution in [2.24, 2.45) is 5.10 Å². The SMILES string of the molecule is CC(Nc1nc(Nc2ccc3c(c2)CC=NN3)c2sccc2n1)c1ccc(F)cc1. The number of benzene rings is 2. The van der Waals surface area contributed by atoms with Crippen LogP contribution in [0.3, 0.4) is 0 Å². The van der Waals surface area contributed by atoms with E-state index in [1.54, 1.807) is 23.5 Å². The van der Waals surface area contributed by atoms with Gasteiger partial charge in [0.15, 0.2) is 5.82 Å². The number of rotatable bonds is 5. The van der Waals surface area contributed by atoms with Gasteiger partial charge in [0.05, 0.1) is 21.9 Å². The van der Waals surface area contributed by atoms with Crippen molar-refractivity contribution >= 4 is 50.9 Å². The van der Waals surface area contributed by atoms with E-state index >= 15 is 0 Å². The van der Waals surface area contributed by atoms with Crippen molar-refractivity contribution < 1.29 is 4.39 Å². The molecule has 1 atom stereocenters. The minimum atomic E-state index is -0.250. The molecule has 1 aliphatic rings. The molecular formula is C22H19FN6S. The molecule has 5 rings (SSSR count). The van der Waals surface area contributed by atoms with Gasteiger partial charge in [-0.2, -0.15) is 10.1 Å². The average molecular weight is 419 g/mol. The van der Waals surface area contributed by atoms with Crippen LogP contribution in [0, 0.1) is 5.82 Å². The number of halogens is 1. The van der Waals surface area contributed by atoms with Gasteiger partial charge in [-0.05, 0) is 59.8 Å². The summed E-state index contributed by atoms with van der Waals surface area (Å²) in [6.45, 7) is 2.00. The number of nitrogens with one attached hydrogen (secondary N) is 3. The summed E-state index contributed by atoms with van der Waals surface area (Å²) in [5, 5.41) is 12.9. The van der Waals surface area contributed by atoms with Gasteiger partial charge < -0.3 is 10.6 Å². The maximum Gasteiger partial charge on any atom is 0.225 e. The van der Waals surface area contributed by atoms with Crippen molar-refractivity contribution in [3.63, 3.8) is 0 Å². The number of anilines is 4. The van der Waals surface area contributed by atoms with E-state index in [9.17, 15) is 4.39 Å². The first-order valence-corrected chi connectivity index (χ1v) is 10.5. The summed E-state index contributed by atoms with van der Waals surface area (Å²) >= 11 is 1.60. The van der Waals surface area contributed by atoms with Gasteiger partial charge in [0.25, 0.3) is 0 Å². The van der Waals surface area contributed by atoms with Crippen LogP contribution in [0.4, 0.5) is 27.5 Å². The molecule has 30 heavy (non-hydrogen) atoms. The molecule has 150 valence electrons. The van der Waals surface area contributed by atoms with Crippen molar-refractivity contribution in [3.8, 4) is 0 Å². The Morgan fingerprint density at radius 2 is 1.97 bits per heavy atom. The largest absolute Gasteiger partial charge is 0.348 e. The molecule has 0 saturated heterocycles. The molecule has 0 radical (unpaired) electrons. The quantitative estimate of drug-likeness (QED) is 0.388. The predicted octanol–water partition coefficient (Wildman–Crippen LogP) is 5.70. The van der Waals surface area contributed by atoms with E-state index in [4.69, 9.17) is 4.98 Å². The van der Waals surface area contributed by atoms with Crippen molar-refractivity contribution in [1.82, 2.24) is 9.97 Å². The second-order valence-corrected chi connectivity index (χ2v) is 7.99. The topological polar surface area (TPSA) is 74.2 Å². The van der Waals surface area contributed by atoms with Crippen LogP contribution in [0.5, 0.6) is 0 Å². The smallest absolute Gasteiger partial charge is 0.225 e. The second kappa shape index (κ2) is 7.72. The molecular weight excluding hydrogens is 399 g/mol. The van der Waals surface area contributed by atoms with E-state index in [0.29, 0.717) is 5.95 Å². The fourth-order valence-electron chi connectivity index (χ4n) is 3.39. The van der Waals surface area contributed by atoms with Gasteiger partial charge in [0.2, 0.25) is 5.95 Å². The Labute approximate surface area is 176 Å². The average Bonchev–Trinajstić information content (AvgIpc) is 3.23. The molecule has 3 N–H and O–H groups in total. The maximum absolute atomic E-state index is 13.2. The number of hydrazone groups is 1. The van der Waals surface area contributed by atoms with Crippen molar-refractivity contribution in [3.05, 3.63) is 70.9 Å². The van der Waals surface area contributed by atoms with Gasteiger partial charge in [-0.1, -0.05) is 12.1 Å². The van der Waals surface area contributed by atoms with Crippen molar-refractivity contribution in [2.45, 2.75) is 19.4 Å². The van der Waals surface area contributed by atoms with Crippen LogP contribution in [0.25, 0.3) is 10.2 Å². The highest BCUT2D eigenvalue weighted by molar-refractivity contribution is 7.17. The number of hydrogen-bond acceptors (Lipinski definition) is 7. The zero-order valence-corrected chi connectivity index (χ0v) is 17.0. The highest BCUT2D eigenvalue weighted by Crippen LogP contribution is 2.32. The molecule has 1 unspecified atom stereocenters. The Bertz CT molecular complexity index is 1230. The van der Waals surface area contributed by atoms with Crippen LogP contribution in [0.1, 0.15) is 24.1 Å². The Hall–Kier alpha value is -3.52. The van der Waals surface area contributed by atoms with Crippen molar-refractivity contribution in [2.75, 3.05) is 16.1 Å². The predicted molar refractivity (Wildman–Crippen MR) is 121 cm³/mol. The molecule has 8 heteroatoms. The van der Waals surface area contributed by atoms with Gasteiger partial charge in [-0.3, -0.25) is 5.43 Å². The van der Waals surface area contributed by atoms with Crippen LogP contribution in [-0.2, 0) is 6.42 Å². The van der Waals surface area contributed by atoms with Gasteiger partial charge >= 0.3 is 0 Å². The Morgan fingerprint density at radius 3 is 2.83 bits per heavy atom. The van der Waals surface area contributed by atoms with E-state index in [2.05, 4.69) is 32.2 Å². The summed E-state index contributed by atoms with van der Waals surface area (Å²) in [6.07, 6.45) is 2.64. The summed E-state index contributed by atoms with van der Waals surface area (Å²) < 4.78 is 14.2. The summed E-state index contributed by atoms with van der Waals surface area (Å²) in [4.78, 5) is 9.36. The first-order chi connectivity index (χ1) is 14.7.